The summed E-state index contributed by atoms with van der Waals surface area (Å²) in [6.07, 6.45) is 3.73. The van der Waals surface area contributed by atoms with Crippen LogP contribution in [0.1, 0.15) is 12.6 Å². The SMILES string of the molecule is C/C=C/c1noc2c(Cl)cc(Cl)cc12. The summed E-state index contributed by atoms with van der Waals surface area (Å²) in [4.78, 5) is 0. The van der Waals surface area contributed by atoms with Gasteiger partial charge in [-0.3, -0.25) is 0 Å². The zero-order valence-corrected chi connectivity index (χ0v) is 8.93. The molecule has 1 aromatic carbocycles. The monoisotopic (exact) mass is 227 g/mol. The fourth-order valence-electron chi connectivity index (χ4n) is 1.27. The molecule has 0 fully saturated rings. The number of nitrogens with zero attached hydrogens (tertiary/aromatic N) is 1. The van der Waals surface area contributed by atoms with Gasteiger partial charge in [0.1, 0.15) is 5.69 Å². The molecule has 0 spiro atoms. The van der Waals surface area contributed by atoms with Crippen LogP contribution in [-0.4, -0.2) is 5.16 Å². The lowest BCUT2D eigenvalue weighted by atomic mass is 10.2. The molecule has 0 aliphatic carbocycles. The molecule has 14 heavy (non-hydrogen) atoms. The van der Waals surface area contributed by atoms with Gasteiger partial charge in [-0.05, 0) is 25.1 Å². The number of hydrogen-bond acceptors (Lipinski definition) is 2. The minimum Gasteiger partial charge on any atom is -0.354 e. The van der Waals surface area contributed by atoms with E-state index in [1.54, 1.807) is 12.1 Å². The standard InChI is InChI=1S/C10H7Cl2NO/c1-2-3-9-7-4-6(11)5-8(12)10(7)14-13-9/h2-5H,1H3/b3-2+. The van der Waals surface area contributed by atoms with Crippen molar-refractivity contribution in [1.29, 1.82) is 0 Å². The molecule has 0 aliphatic heterocycles. The number of aromatic nitrogens is 1. The van der Waals surface area contributed by atoms with E-state index in [4.69, 9.17) is 27.7 Å². The van der Waals surface area contributed by atoms with Gasteiger partial charge >= 0.3 is 0 Å². The second-order valence-corrected chi connectivity index (χ2v) is 3.68. The highest BCUT2D eigenvalue weighted by Gasteiger charge is 2.10. The van der Waals surface area contributed by atoms with Gasteiger partial charge < -0.3 is 4.52 Å². The van der Waals surface area contributed by atoms with Gasteiger partial charge in [0.25, 0.3) is 0 Å². The molecule has 0 saturated carbocycles. The lowest BCUT2D eigenvalue weighted by molar-refractivity contribution is 0.454. The van der Waals surface area contributed by atoms with Crippen LogP contribution in [0.15, 0.2) is 22.7 Å². The van der Waals surface area contributed by atoms with Crippen molar-refractivity contribution < 1.29 is 4.52 Å². The molecule has 2 nitrogen and oxygen atoms in total. The van der Waals surface area contributed by atoms with E-state index in [1.807, 2.05) is 19.1 Å². The average Bonchev–Trinajstić information content (AvgIpc) is 2.49. The summed E-state index contributed by atoms with van der Waals surface area (Å²) in [6, 6.07) is 3.42. The van der Waals surface area contributed by atoms with Crippen LogP contribution in [0.4, 0.5) is 0 Å². The first-order valence-electron chi connectivity index (χ1n) is 4.09. The summed E-state index contributed by atoms with van der Waals surface area (Å²) < 4.78 is 5.10. The van der Waals surface area contributed by atoms with E-state index in [0.717, 1.165) is 11.1 Å². The first kappa shape index (κ1) is 9.56. The molecule has 72 valence electrons. The third kappa shape index (κ3) is 1.51. The maximum absolute atomic E-state index is 5.93. The molecule has 0 bridgehead atoms. The lowest BCUT2D eigenvalue weighted by Crippen LogP contribution is -1.72. The van der Waals surface area contributed by atoms with Crippen LogP contribution in [0.25, 0.3) is 17.0 Å². The third-order valence-corrected chi connectivity index (χ3v) is 2.34. The third-order valence-electron chi connectivity index (χ3n) is 1.84. The molecular formula is C10H7Cl2NO. The van der Waals surface area contributed by atoms with Crippen molar-refractivity contribution in [3.63, 3.8) is 0 Å². The normalized spacial score (nSPS) is 11.6. The van der Waals surface area contributed by atoms with Crippen molar-refractivity contribution in [2.75, 3.05) is 0 Å². The van der Waals surface area contributed by atoms with Gasteiger partial charge in [0, 0.05) is 5.02 Å². The Kier molecular flexibility index (Phi) is 2.48. The Morgan fingerprint density at radius 3 is 2.86 bits per heavy atom. The highest BCUT2D eigenvalue weighted by molar-refractivity contribution is 6.38. The molecule has 0 radical (unpaired) electrons. The number of halogens is 2. The van der Waals surface area contributed by atoms with Gasteiger partial charge in [-0.15, -0.1) is 0 Å². The maximum Gasteiger partial charge on any atom is 0.186 e. The van der Waals surface area contributed by atoms with Crippen molar-refractivity contribution in [2.24, 2.45) is 0 Å². The number of benzene rings is 1. The molecule has 0 unspecified atom stereocenters. The Morgan fingerprint density at radius 2 is 2.14 bits per heavy atom. The summed E-state index contributed by atoms with van der Waals surface area (Å²) in [6.45, 7) is 1.91. The second kappa shape index (κ2) is 3.64. The first-order valence-corrected chi connectivity index (χ1v) is 4.85. The molecule has 0 saturated heterocycles. The zero-order valence-electron chi connectivity index (χ0n) is 7.42. The fourth-order valence-corrected chi connectivity index (χ4v) is 1.79. The predicted molar refractivity (Wildman–Crippen MR) is 58.7 cm³/mol. The number of rotatable bonds is 1. The smallest absolute Gasteiger partial charge is 0.186 e. The summed E-state index contributed by atoms with van der Waals surface area (Å²) in [5, 5.41) is 5.78. The van der Waals surface area contributed by atoms with E-state index in [2.05, 4.69) is 5.16 Å². The molecule has 0 N–H and O–H groups in total. The van der Waals surface area contributed by atoms with Crippen LogP contribution in [0, 0.1) is 0 Å². The molecule has 2 aromatic rings. The fraction of sp³-hybridized carbons (Fsp3) is 0.100. The van der Waals surface area contributed by atoms with Crippen LogP contribution in [0.5, 0.6) is 0 Å². The molecule has 1 heterocycles. The van der Waals surface area contributed by atoms with E-state index in [9.17, 15) is 0 Å². The van der Waals surface area contributed by atoms with Crippen molar-refractivity contribution >= 4 is 40.2 Å². The summed E-state index contributed by atoms with van der Waals surface area (Å²) >= 11 is 11.8. The lowest BCUT2D eigenvalue weighted by Gasteiger charge is -1.92. The predicted octanol–water partition coefficient (Wildman–Crippen LogP) is 4.17. The Hall–Kier alpha value is -0.990. The first-order chi connectivity index (χ1) is 6.72. The highest BCUT2D eigenvalue weighted by Crippen LogP contribution is 2.30. The number of hydrogen-bond donors (Lipinski definition) is 0. The topological polar surface area (TPSA) is 26.0 Å². The minimum atomic E-state index is 0.482. The minimum absolute atomic E-state index is 0.482. The van der Waals surface area contributed by atoms with E-state index < -0.39 is 0 Å². The quantitative estimate of drug-likeness (QED) is 0.732. The Labute approximate surface area is 91.1 Å². The second-order valence-electron chi connectivity index (χ2n) is 2.83. The van der Waals surface area contributed by atoms with E-state index in [-0.39, 0.29) is 0 Å². The molecule has 2 rings (SSSR count). The Balaban J connectivity index is 2.78. The molecule has 1 aromatic heterocycles. The van der Waals surface area contributed by atoms with Gasteiger partial charge in [0.15, 0.2) is 5.58 Å². The van der Waals surface area contributed by atoms with Crippen LogP contribution in [0.2, 0.25) is 10.0 Å². The van der Waals surface area contributed by atoms with Crippen molar-refractivity contribution in [3.8, 4) is 0 Å². The Morgan fingerprint density at radius 1 is 1.36 bits per heavy atom. The molecular weight excluding hydrogens is 221 g/mol. The van der Waals surface area contributed by atoms with Crippen molar-refractivity contribution in [3.05, 3.63) is 33.9 Å². The van der Waals surface area contributed by atoms with Gasteiger partial charge in [0.2, 0.25) is 0 Å². The van der Waals surface area contributed by atoms with Gasteiger partial charge in [-0.25, -0.2) is 0 Å². The van der Waals surface area contributed by atoms with Crippen LogP contribution in [0.3, 0.4) is 0 Å². The molecule has 4 heteroatoms. The van der Waals surface area contributed by atoms with Crippen LogP contribution < -0.4 is 0 Å². The molecule has 0 atom stereocenters. The van der Waals surface area contributed by atoms with Crippen LogP contribution >= 0.6 is 23.2 Å². The van der Waals surface area contributed by atoms with Gasteiger partial charge in [-0.1, -0.05) is 34.4 Å². The van der Waals surface area contributed by atoms with Crippen molar-refractivity contribution in [1.82, 2.24) is 5.16 Å². The number of fused-ring (bicyclic) bond motifs is 1. The maximum atomic E-state index is 5.93. The zero-order chi connectivity index (χ0) is 10.1. The molecule has 0 aliphatic rings. The van der Waals surface area contributed by atoms with Crippen LogP contribution in [-0.2, 0) is 0 Å². The summed E-state index contributed by atoms with van der Waals surface area (Å²) in [7, 11) is 0. The van der Waals surface area contributed by atoms with Gasteiger partial charge in [0.05, 0.1) is 10.4 Å². The van der Waals surface area contributed by atoms with Crippen molar-refractivity contribution in [2.45, 2.75) is 6.92 Å². The highest BCUT2D eigenvalue weighted by atomic mass is 35.5. The van der Waals surface area contributed by atoms with Gasteiger partial charge in [-0.2, -0.15) is 0 Å². The largest absolute Gasteiger partial charge is 0.354 e. The van der Waals surface area contributed by atoms with E-state index in [1.165, 1.54) is 0 Å². The average molecular weight is 228 g/mol. The Bertz CT molecular complexity index is 502. The van der Waals surface area contributed by atoms with E-state index in [0.29, 0.717) is 15.6 Å². The number of allylic oxidation sites excluding steroid dienone is 1. The summed E-state index contributed by atoms with van der Waals surface area (Å²) in [5.74, 6) is 0. The van der Waals surface area contributed by atoms with E-state index >= 15 is 0 Å². The summed E-state index contributed by atoms with van der Waals surface area (Å²) in [5.41, 5.74) is 1.32. The molecule has 0 amide bonds.